The first-order valence-corrected chi connectivity index (χ1v) is 8.45. The van der Waals surface area contributed by atoms with Crippen LogP contribution in [0.4, 0.5) is 0 Å². The Morgan fingerprint density at radius 3 is 2.32 bits per heavy atom. The Hall–Kier alpha value is -2.67. The Labute approximate surface area is 146 Å². The number of hydrazine groups is 1. The molecule has 3 amide bonds. The van der Waals surface area contributed by atoms with E-state index in [1.54, 1.807) is 4.90 Å². The van der Waals surface area contributed by atoms with Crippen LogP contribution in [0.1, 0.15) is 12.0 Å². The summed E-state index contributed by atoms with van der Waals surface area (Å²) in [5.41, 5.74) is 5.66. The van der Waals surface area contributed by atoms with Gasteiger partial charge in [-0.25, -0.2) is 0 Å². The number of nitrogens with one attached hydrogen (secondary N) is 2. The molecule has 0 spiro atoms. The fourth-order valence-corrected chi connectivity index (χ4v) is 2.99. The van der Waals surface area contributed by atoms with Crippen LogP contribution in [0.25, 0.3) is 6.08 Å². The standard InChI is InChI=1S/C18H22N4O3/c23-16(13-15-17(24)19-20-18(15)25)22-11-9-21(10-12-22)8-4-7-14-5-2-1-3-6-14/h1-7,15H,8-13H2,(H,19,24)(H,20,25)/b7-4+. The van der Waals surface area contributed by atoms with Crippen molar-refractivity contribution in [2.75, 3.05) is 32.7 Å². The lowest BCUT2D eigenvalue weighted by Gasteiger charge is -2.34. The molecule has 1 aromatic carbocycles. The molecule has 0 atom stereocenters. The molecule has 25 heavy (non-hydrogen) atoms. The second-order valence-corrected chi connectivity index (χ2v) is 6.23. The van der Waals surface area contributed by atoms with Crippen LogP contribution < -0.4 is 10.9 Å². The maximum atomic E-state index is 12.3. The van der Waals surface area contributed by atoms with Gasteiger partial charge in [-0.2, -0.15) is 0 Å². The van der Waals surface area contributed by atoms with Crippen molar-refractivity contribution in [2.45, 2.75) is 6.42 Å². The van der Waals surface area contributed by atoms with E-state index in [2.05, 4.69) is 40.0 Å². The molecule has 2 fully saturated rings. The van der Waals surface area contributed by atoms with E-state index < -0.39 is 17.7 Å². The number of carbonyl (C=O) groups excluding carboxylic acids is 3. The van der Waals surface area contributed by atoms with Crippen molar-refractivity contribution >= 4 is 23.8 Å². The number of nitrogens with zero attached hydrogens (tertiary/aromatic N) is 2. The van der Waals surface area contributed by atoms with E-state index in [1.807, 2.05) is 18.2 Å². The topological polar surface area (TPSA) is 81.8 Å². The summed E-state index contributed by atoms with van der Waals surface area (Å²) in [5, 5.41) is 0. The van der Waals surface area contributed by atoms with E-state index in [9.17, 15) is 14.4 Å². The third-order valence-electron chi connectivity index (χ3n) is 4.52. The minimum atomic E-state index is -0.903. The summed E-state index contributed by atoms with van der Waals surface area (Å²) in [6, 6.07) is 10.1. The summed E-state index contributed by atoms with van der Waals surface area (Å²) < 4.78 is 0. The van der Waals surface area contributed by atoms with E-state index >= 15 is 0 Å². The second kappa shape index (κ2) is 7.94. The van der Waals surface area contributed by atoms with Crippen molar-refractivity contribution in [2.24, 2.45) is 5.92 Å². The maximum absolute atomic E-state index is 12.3. The van der Waals surface area contributed by atoms with Gasteiger partial charge in [0, 0.05) is 39.1 Å². The lowest BCUT2D eigenvalue weighted by molar-refractivity contribution is -0.139. The van der Waals surface area contributed by atoms with Crippen LogP contribution in [0.3, 0.4) is 0 Å². The Bertz CT molecular complexity index is 650. The van der Waals surface area contributed by atoms with Crippen molar-refractivity contribution in [1.82, 2.24) is 20.7 Å². The molecule has 0 aromatic heterocycles. The van der Waals surface area contributed by atoms with E-state index in [0.29, 0.717) is 13.1 Å². The van der Waals surface area contributed by atoms with Gasteiger partial charge < -0.3 is 4.90 Å². The van der Waals surface area contributed by atoms with E-state index in [1.165, 1.54) is 5.56 Å². The normalized spacial score (nSPS) is 19.3. The van der Waals surface area contributed by atoms with Crippen molar-refractivity contribution < 1.29 is 14.4 Å². The Balaban J connectivity index is 1.42. The summed E-state index contributed by atoms with van der Waals surface area (Å²) in [6.07, 6.45) is 4.15. The highest BCUT2D eigenvalue weighted by molar-refractivity contribution is 6.07. The predicted molar refractivity (Wildman–Crippen MR) is 92.9 cm³/mol. The Kier molecular flexibility index (Phi) is 5.45. The Morgan fingerprint density at radius 1 is 1.04 bits per heavy atom. The average Bonchev–Trinajstić information content (AvgIpc) is 2.95. The van der Waals surface area contributed by atoms with Crippen LogP contribution in [-0.2, 0) is 14.4 Å². The molecule has 2 aliphatic rings. The minimum Gasteiger partial charge on any atom is -0.340 e. The monoisotopic (exact) mass is 342 g/mol. The van der Waals surface area contributed by atoms with Gasteiger partial charge in [-0.3, -0.25) is 30.1 Å². The first-order chi connectivity index (χ1) is 12.1. The summed E-state index contributed by atoms with van der Waals surface area (Å²) in [7, 11) is 0. The van der Waals surface area contributed by atoms with Crippen molar-refractivity contribution in [3.05, 3.63) is 42.0 Å². The number of carbonyl (C=O) groups is 3. The molecular weight excluding hydrogens is 320 g/mol. The number of benzene rings is 1. The van der Waals surface area contributed by atoms with E-state index in [4.69, 9.17) is 0 Å². The SMILES string of the molecule is O=C1NNC(=O)C1CC(=O)N1CCN(C/C=C/c2ccccc2)CC1. The number of hydrogen-bond acceptors (Lipinski definition) is 4. The van der Waals surface area contributed by atoms with Crippen LogP contribution in [0, 0.1) is 5.92 Å². The molecule has 0 radical (unpaired) electrons. The fraction of sp³-hybridized carbons (Fsp3) is 0.389. The van der Waals surface area contributed by atoms with Crippen LogP contribution in [-0.4, -0.2) is 60.2 Å². The minimum absolute atomic E-state index is 0.0639. The van der Waals surface area contributed by atoms with Gasteiger partial charge in [0.05, 0.1) is 0 Å². The number of rotatable bonds is 5. The molecule has 0 unspecified atom stereocenters. The summed E-state index contributed by atoms with van der Waals surface area (Å²) in [5.74, 6) is -1.90. The van der Waals surface area contributed by atoms with Crippen molar-refractivity contribution in [3.8, 4) is 0 Å². The van der Waals surface area contributed by atoms with Gasteiger partial charge in [0.1, 0.15) is 5.92 Å². The largest absolute Gasteiger partial charge is 0.340 e. The second-order valence-electron chi connectivity index (χ2n) is 6.23. The highest BCUT2D eigenvalue weighted by Gasteiger charge is 2.36. The molecule has 0 saturated carbocycles. The molecule has 0 bridgehead atoms. The maximum Gasteiger partial charge on any atom is 0.251 e. The summed E-state index contributed by atoms with van der Waals surface area (Å²) in [6.45, 7) is 3.65. The molecule has 3 rings (SSSR count). The van der Waals surface area contributed by atoms with E-state index in [0.717, 1.165) is 19.6 Å². The number of piperazine rings is 1. The van der Waals surface area contributed by atoms with E-state index in [-0.39, 0.29) is 12.3 Å². The zero-order chi connectivity index (χ0) is 17.6. The van der Waals surface area contributed by atoms with Crippen LogP contribution in [0.15, 0.2) is 36.4 Å². The molecule has 2 aliphatic heterocycles. The predicted octanol–water partition coefficient (Wildman–Crippen LogP) is 0.0113. The molecule has 132 valence electrons. The quantitative estimate of drug-likeness (QED) is 0.739. The lowest BCUT2D eigenvalue weighted by Crippen LogP contribution is -2.49. The van der Waals surface area contributed by atoms with Gasteiger partial charge in [0.15, 0.2) is 0 Å². The summed E-state index contributed by atoms with van der Waals surface area (Å²) in [4.78, 5) is 39.3. The summed E-state index contributed by atoms with van der Waals surface area (Å²) >= 11 is 0. The third kappa shape index (κ3) is 4.45. The van der Waals surface area contributed by atoms with Crippen LogP contribution >= 0.6 is 0 Å². The zero-order valence-corrected chi connectivity index (χ0v) is 14.0. The highest BCUT2D eigenvalue weighted by Crippen LogP contribution is 2.12. The fourth-order valence-electron chi connectivity index (χ4n) is 2.99. The van der Waals surface area contributed by atoms with Gasteiger partial charge in [0.2, 0.25) is 5.91 Å². The lowest BCUT2D eigenvalue weighted by atomic mass is 10.0. The number of amides is 3. The molecule has 2 heterocycles. The zero-order valence-electron chi connectivity index (χ0n) is 14.0. The van der Waals surface area contributed by atoms with Crippen LogP contribution in [0.2, 0.25) is 0 Å². The van der Waals surface area contributed by atoms with Crippen molar-refractivity contribution in [1.29, 1.82) is 0 Å². The molecular formula is C18H22N4O3. The number of hydrogen-bond donors (Lipinski definition) is 2. The average molecular weight is 342 g/mol. The van der Waals surface area contributed by atoms with Crippen molar-refractivity contribution in [3.63, 3.8) is 0 Å². The first-order valence-electron chi connectivity index (χ1n) is 8.45. The molecule has 2 saturated heterocycles. The van der Waals surface area contributed by atoms with Crippen LogP contribution in [0.5, 0.6) is 0 Å². The molecule has 0 aliphatic carbocycles. The smallest absolute Gasteiger partial charge is 0.251 e. The highest BCUT2D eigenvalue weighted by atomic mass is 16.2. The molecule has 7 nitrogen and oxygen atoms in total. The van der Waals surface area contributed by atoms with Gasteiger partial charge >= 0.3 is 0 Å². The van der Waals surface area contributed by atoms with Gasteiger partial charge in [-0.05, 0) is 5.56 Å². The molecule has 7 heteroatoms. The van der Waals surface area contributed by atoms with Gasteiger partial charge in [-0.1, -0.05) is 42.5 Å². The van der Waals surface area contributed by atoms with Gasteiger partial charge in [-0.15, -0.1) is 0 Å². The van der Waals surface area contributed by atoms with Gasteiger partial charge in [0.25, 0.3) is 11.8 Å². The first kappa shape index (κ1) is 17.2. The molecule has 1 aromatic rings. The Morgan fingerprint density at radius 2 is 1.68 bits per heavy atom. The molecule has 2 N–H and O–H groups in total. The third-order valence-corrected chi connectivity index (χ3v) is 4.52.